The lowest BCUT2D eigenvalue weighted by Crippen LogP contribution is -2.33. The van der Waals surface area contributed by atoms with Crippen LogP contribution in [0.1, 0.15) is 11.1 Å². The molecule has 2 rings (SSSR count). The molecule has 0 spiro atoms. The Morgan fingerprint density at radius 2 is 1.96 bits per heavy atom. The topological polar surface area (TPSA) is 84.3 Å². The van der Waals surface area contributed by atoms with E-state index >= 15 is 0 Å². The number of hydrogen-bond acceptors (Lipinski definition) is 4. The number of nitro benzene ring substituents is 1. The van der Waals surface area contributed by atoms with E-state index in [1.165, 1.54) is 18.2 Å². The molecule has 0 unspecified atom stereocenters. The zero-order chi connectivity index (χ0) is 18.4. The van der Waals surface area contributed by atoms with Crippen LogP contribution in [-0.4, -0.2) is 15.9 Å². The maximum absolute atomic E-state index is 11.9. The summed E-state index contributed by atoms with van der Waals surface area (Å²) in [5.41, 5.74) is 1.75. The fourth-order valence-electron chi connectivity index (χ4n) is 1.98. The third-order valence-corrected chi connectivity index (χ3v) is 3.71. The molecule has 8 heteroatoms. The summed E-state index contributed by atoms with van der Waals surface area (Å²) < 4.78 is 0. The Morgan fingerprint density at radius 3 is 2.60 bits per heavy atom. The molecule has 2 aromatic carbocycles. The highest BCUT2D eigenvalue weighted by molar-refractivity contribution is 7.80. The van der Waals surface area contributed by atoms with Gasteiger partial charge in [0.25, 0.3) is 5.69 Å². The van der Waals surface area contributed by atoms with Crippen LogP contribution >= 0.6 is 23.8 Å². The van der Waals surface area contributed by atoms with Gasteiger partial charge in [0.05, 0.1) is 4.92 Å². The van der Waals surface area contributed by atoms with Gasteiger partial charge in [0.1, 0.15) is 5.02 Å². The number of nitrogens with one attached hydrogen (secondary N) is 2. The Hall–Kier alpha value is -2.77. The molecule has 0 radical (unpaired) electrons. The van der Waals surface area contributed by atoms with Gasteiger partial charge in [0, 0.05) is 17.8 Å². The summed E-state index contributed by atoms with van der Waals surface area (Å²) in [4.78, 5) is 22.2. The van der Waals surface area contributed by atoms with Crippen molar-refractivity contribution in [3.8, 4) is 0 Å². The van der Waals surface area contributed by atoms with Crippen molar-refractivity contribution in [2.75, 3.05) is 5.32 Å². The molecule has 25 heavy (non-hydrogen) atoms. The normalized spacial score (nSPS) is 10.5. The fraction of sp³-hybridized carbons (Fsp3) is 0.0588. The monoisotopic (exact) mass is 375 g/mol. The maximum Gasteiger partial charge on any atom is 0.288 e. The summed E-state index contributed by atoms with van der Waals surface area (Å²) in [6.45, 7) is 1.67. The number of carbonyl (C=O) groups is 1. The van der Waals surface area contributed by atoms with Gasteiger partial charge in [-0.1, -0.05) is 41.9 Å². The molecule has 0 fully saturated rings. The van der Waals surface area contributed by atoms with Gasteiger partial charge in [-0.15, -0.1) is 0 Å². The number of halogens is 1. The minimum absolute atomic E-state index is 0.0174. The lowest BCUT2D eigenvalue weighted by molar-refractivity contribution is -0.384. The molecule has 0 saturated carbocycles. The van der Waals surface area contributed by atoms with Crippen LogP contribution in [-0.2, 0) is 4.79 Å². The van der Waals surface area contributed by atoms with Crippen molar-refractivity contribution in [2.24, 2.45) is 0 Å². The van der Waals surface area contributed by atoms with Gasteiger partial charge >= 0.3 is 0 Å². The first-order valence-corrected chi connectivity index (χ1v) is 7.95. The van der Waals surface area contributed by atoms with Crippen molar-refractivity contribution >= 4 is 52.3 Å². The van der Waals surface area contributed by atoms with Crippen molar-refractivity contribution in [3.05, 3.63) is 74.8 Å². The maximum atomic E-state index is 11.9. The summed E-state index contributed by atoms with van der Waals surface area (Å²) in [7, 11) is 0. The summed E-state index contributed by atoms with van der Waals surface area (Å²) >= 11 is 11.0. The average Bonchev–Trinajstić information content (AvgIpc) is 2.56. The van der Waals surface area contributed by atoms with E-state index in [-0.39, 0.29) is 15.8 Å². The van der Waals surface area contributed by atoms with E-state index in [1.807, 2.05) is 30.3 Å². The second kappa shape index (κ2) is 8.36. The fourth-order valence-corrected chi connectivity index (χ4v) is 2.43. The Balaban J connectivity index is 2.00. The van der Waals surface area contributed by atoms with E-state index in [4.69, 9.17) is 23.8 Å². The molecule has 0 aromatic heterocycles. The first-order chi connectivity index (χ1) is 11.9. The van der Waals surface area contributed by atoms with Crippen LogP contribution in [0.15, 0.2) is 48.5 Å². The number of amides is 1. The van der Waals surface area contributed by atoms with E-state index in [0.717, 1.165) is 5.56 Å². The number of carbonyl (C=O) groups excluding carboxylic acids is 1. The van der Waals surface area contributed by atoms with Crippen LogP contribution in [0, 0.1) is 17.0 Å². The van der Waals surface area contributed by atoms with Gasteiger partial charge < -0.3 is 5.32 Å². The van der Waals surface area contributed by atoms with E-state index < -0.39 is 10.8 Å². The largest absolute Gasteiger partial charge is 0.332 e. The molecular weight excluding hydrogens is 362 g/mol. The second-order valence-electron chi connectivity index (χ2n) is 5.06. The number of hydrogen-bond donors (Lipinski definition) is 2. The minimum atomic E-state index is -0.562. The Morgan fingerprint density at radius 1 is 1.28 bits per heavy atom. The zero-order valence-corrected chi connectivity index (χ0v) is 14.7. The van der Waals surface area contributed by atoms with Crippen LogP contribution in [0.2, 0.25) is 5.02 Å². The van der Waals surface area contributed by atoms with Gasteiger partial charge in [0.2, 0.25) is 5.91 Å². The number of nitro groups is 1. The van der Waals surface area contributed by atoms with E-state index in [1.54, 1.807) is 13.0 Å². The standard InChI is InChI=1S/C17H14ClN3O3S/c1-11-9-15(21(23)24)13(18)10-14(11)19-17(25)20-16(22)8-7-12-5-3-2-4-6-12/h2-10H,1H3,(H2,19,20,22,25)/b8-7+. The molecule has 0 saturated heterocycles. The third kappa shape index (κ3) is 5.37. The summed E-state index contributed by atoms with van der Waals surface area (Å²) in [5.74, 6) is -0.396. The minimum Gasteiger partial charge on any atom is -0.332 e. The highest BCUT2D eigenvalue weighted by atomic mass is 35.5. The Bertz CT molecular complexity index is 854. The smallest absolute Gasteiger partial charge is 0.288 e. The van der Waals surface area contributed by atoms with Crippen LogP contribution in [0.4, 0.5) is 11.4 Å². The van der Waals surface area contributed by atoms with Gasteiger partial charge in [-0.25, -0.2) is 0 Å². The number of nitrogens with zero attached hydrogens (tertiary/aromatic N) is 1. The predicted molar refractivity (Wildman–Crippen MR) is 103 cm³/mol. The number of thiocarbonyl (C=S) groups is 1. The SMILES string of the molecule is Cc1cc([N+](=O)[O-])c(Cl)cc1NC(=S)NC(=O)/C=C/c1ccccc1. The molecular formula is C17H14ClN3O3S. The lowest BCUT2D eigenvalue weighted by Gasteiger charge is -2.11. The Labute approximate surface area is 154 Å². The second-order valence-corrected chi connectivity index (χ2v) is 5.88. The van der Waals surface area contributed by atoms with Gasteiger partial charge in [-0.2, -0.15) is 0 Å². The lowest BCUT2D eigenvalue weighted by atomic mass is 10.2. The van der Waals surface area contributed by atoms with Crippen LogP contribution < -0.4 is 10.6 Å². The number of rotatable bonds is 4. The van der Waals surface area contributed by atoms with Crippen LogP contribution in [0.25, 0.3) is 6.08 Å². The number of aryl methyl sites for hydroxylation is 1. The molecule has 0 heterocycles. The molecule has 0 aliphatic heterocycles. The molecule has 0 aliphatic carbocycles. The van der Waals surface area contributed by atoms with Crippen molar-refractivity contribution in [2.45, 2.75) is 6.92 Å². The van der Waals surface area contributed by atoms with Crippen LogP contribution in [0.3, 0.4) is 0 Å². The first kappa shape index (κ1) is 18.6. The van der Waals surface area contributed by atoms with Crippen molar-refractivity contribution in [1.82, 2.24) is 5.32 Å². The summed E-state index contributed by atoms with van der Waals surface area (Å²) in [5, 5.41) is 16.2. The van der Waals surface area contributed by atoms with E-state index in [2.05, 4.69) is 10.6 Å². The van der Waals surface area contributed by atoms with Crippen molar-refractivity contribution in [1.29, 1.82) is 0 Å². The average molecular weight is 376 g/mol. The first-order valence-electron chi connectivity index (χ1n) is 7.16. The highest BCUT2D eigenvalue weighted by Gasteiger charge is 2.15. The van der Waals surface area contributed by atoms with Crippen molar-refractivity contribution < 1.29 is 9.72 Å². The van der Waals surface area contributed by atoms with E-state index in [9.17, 15) is 14.9 Å². The summed E-state index contributed by atoms with van der Waals surface area (Å²) in [6, 6.07) is 12.1. The molecule has 2 aromatic rings. The Kier molecular flexibility index (Phi) is 6.21. The zero-order valence-electron chi connectivity index (χ0n) is 13.2. The third-order valence-electron chi connectivity index (χ3n) is 3.20. The molecule has 0 aliphatic rings. The predicted octanol–water partition coefficient (Wildman–Crippen LogP) is 4.08. The highest BCUT2D eigenvalue weighted by Crippen LogP contribution is 2.30. The number of benzene rings is 2. The van der Waals surface area contributed by atoms with Gasteiger partial charge in [0.15, 0.2) is 5.11 Å². The van der Waals surface area contributed by atoms with E-state index in [0.29, 0.717) is 11.3 Å². The molecule has 1 amide bonds. The molecule has 0 atom stereocenters. The molecule has 0 bridgehead atoms. The van der Waals surface area contributed by atoms with Crippen LogP contribution in [0.5, 0.6) is 0 Å². The van der Waals surface area contributed by atoms with Crippen molar-refractivity contribution in [3.63, 3.8) is 0 Å². The van der Waals surface area contributed by atoms with Gasteiger partial charge in [-0.3, -0.25) is 20.2 Å². The molecule has 2 N–H and O–H groups in total. The molecule has 6 nitrogen and oxygen atoms in total. The quantitative estimate of drug-likeness (QED) is 0.364. The van der Waals surface area contributed by atoms with Gasteiger partial charge in [-0.05, 0) is 42.4 Å². The number of anilines is 1. The summed E-state index contributed by atoms with van der Waals surface area (Å²) in [6.07, 6.45) is 3.02. The molecule has 128 valence electrons.